The number of rotatable bonds is 5. The minimum absolute atomic E-state index is 0.230. The molecule has 0 amide bonds. The van der Waals surface area contributed by atoms with Crippen molar-refractivity contribution in [2.24, 2.45) is 0 Å². The topological polar surface area (TPSA) is 39.6 Å². The smallest absolute Gasteiger partial charge is 0.0752 e. The predicted octanol–water partition coefficient (Wildman–Crippen LogP) is 3.99. The molecular formula is C22H27N3OS. The van der Waals surface area contributed by atoms with Crippen LogP contribution in [0.1, 0.15) is 23.1 Å². The van der Waals surface area contributed by atoms with E-state index in [1.165, 1.54) is 27.8 Å². The highest BCUT2D eigenvalue weighted by molar-refractivity contribution is 7.07. The van der Waals surface area contributed by atoms with E-state index in [4.69, 9.17) is 0 Å². The lowest BCUT2D eigenvalue weighted by Crippen LogP contribution is -2.53. The Hall–Kier alpha value is -1.95. The maximum atomic E-state index is 9.61. The van der Waals surface area contributed by atoms with E-state index in [0.29, 0.717) is 6.04 Å². The molecule has 1 fully saturated rings. The highest BCUT2D eigenvalue weighted by Gasteiger charge is 2.27. The molecule has 3 aromatic rings. The van der Waals surface area contributed by atoms with Gasteiger partial charge in [0.05, 0.1) is 5.52 Å². The van der Waals surface area contributed by atoms with E-state index in [9.17, 15) is 5.11 Å². The van der Waals surface area contributed by atoms with Crippen LogP contribution >= 0.6 is 11.3 Å². The Balaban J connectivity index is 1.61. The van der Waals surface area contributed by atoms with Gasteiger partial charge in [-0.3, -0.25) is 9.88 Å². The van der Waals surface area contributed by atoms with Gasteiger partial charge < -0.3 is 10.0 Å². The first-order chi connectivity index (χ1) is 13.2. The minimum Gasteiger partial charge on any atom is -0.396 e. The number of benzene rings is 1. The molecule has 1 saturated heterocycles. The predicted molar refractivity (Wildman–Crippen MR) is 114 cm³/mol. The van der Waals surface area contributed by atoms with Gasteiger partial charge in [-0.25, -0.2) is 0 Å². The van der Waals surface area contributed by atoms with Gasteiger partial charge in [0.25, 0.3) is 0 Å². The van der Waals surface area contributed by atoms with Crippen LogP contribution < -0.4 is 4.90 Å². The molecule has 3 heterocycles. The van der Waals surface area contributed by atoms with E-state index in [1.807, 2.05) is 6.20 Å². The molecule has 1 aliphatic heterocycles. The molecule has 1 atom stereocenters. The summed E-state index contributed by atoms with van der Waals surface area (Å²) in [5, 5.41) is 15.2. The number of nitrogens with zero attached hydrogens (tertiary/aromatic N) is 3. The van der Waals surface area contributed by atoms with Crippen LogP contribution in [-0.4, -0.2) is 47.3 Å². The molecule has 0 saturated carbocycles. The third-order valence-electron chi connectivity index (χ3n) is 5.53. The molecule has 1 aromatic carbocycles. The zero-order chi connectivity index (χ0) is 18.8. The third-order valence-corrected chi connectivity index (χ3v) is 6.26. The standard InChI is InChI=1S/C22H27N3OS/c1-16-11-17(2)22-20(12-16)21(3-6-23-22)25-8-7-24(19(14-25)4-9-26)13-18-5-10-27-15-18/h3,5-6,10-12,15,19,26H,4,7-9,13-14H2,1-2H3. The van der Waals surface area contributed by atoms with Gasteiger partial charge >= 0.3 is 0 Å². The van der Waals surface area contributed by atoms with Crippen molar-refractivity contribution in [3.05, 3.63) is 57.9 Å². The molecule has 1 aliphatic rings. The minimum atomic E-state index is 0.230. The summed E-state index contributed by atoms with van der Waals surface area (Å²) in [4.78, 5) is 9.62. The highest BCUT2D eigenvalue weighted by atomic mass is 32.1. The number of hydrogen-bond donors (Lipinski definition) is 1. The van der Waals surface area contributed by atoms with E-state index in [0.717, 1.165) is 38.1 Å². The molecule has 4 rings (SSSR count). The lowest BCUT2D eigenvalue weighted by atomic mass is 10.0. The van der Waals surface area contributed by atoms with Crippen molar-refractivity contribution in [1.29, 1.82) is 0 Å². The lowest BCUT2D eigenvalue weighted by molar-refractivity contribution is 0.136. The number of aromatic nitrogens is 1. The second-order valence-corrected chi connectivity index (χ2v) is 8.30. The van der Waals surface area contributed by atoms with Crippen LogP contribution in [0.5, 0.6) is 0 Å². The molecule has 0 aliphatic carbocycles. The molecule has 1 N–H and O–H groups in total. The maximum Gasteiger partial charge on any atom is 0.0752 e. The second kappa shape index (κ2) is 7.97. The van der Waals surface area contributed by atoms with Crippen molar-refractivity contribution in [3.8, 4) is 0 Å². The van der Waals surface area contributed by atoms with Gasteiger partial charge in [-0.2, -0.15) is 11.3 Å². The van der Waals surface area contributed by atoms with Gasteiger partial charge in [-0.05, 0) is 60.4 Å². The van der Waals surface area contributed by atoms with Crippen LogP contribution in [0.4, 0.5) is 5.69 Å². The van der Waals surface area contributed by atoms with Crippen LogP contribution in [0.15, 0.2) is 41.2 Å². The SMILES string of the molecule is Cc1cc(C)c2nccc(N3CCN(Cc4ccsc4)C(CCO)C3)c2c1. The lowest BCUT2D eigenvalue weighted by Gasteiger charge is -2.42. The fraction of sp³-hybridized carbons (Fsp3) is 0.409. The van der Waals surface area contributed by atoms with Crippen molar-refractivity contribution in [2.45, 2.75) is 32.9 Å². The molecule has 5 heteroatoms. The van der Waals surface area contributed by atoms with Crippen molar-refractivity contribution in [3.63, 3.8) is 0 Å². The number of fused-ring (bicyclic) bond motifs is 1. The van der Waals surface area contributed by atoms with E-state index in [-0.39, 0.29) is 6.61 Å². The number of aliphatic hydroxyl groups is 1. The molecule has 142 valence electrons. The Labute approximate surface area is 165 Å². The monoisotopic (exact) mass is 381 g/mol. The average molecular weight is 382 g/mol. The molecule has 4 nitrogen and oxygen atoms in total. The number of anilines is 1. The van der Waals surface area contributed by atoms with Crippen molar-refractivity contribution in [1.82, 2.24) is 9.88 Å². The van der Waals surface area contributed by atoms with Gasteiger partial charge in [-0.1, -0.05) is 11.6 Å². The Kier molecular flexibility index (Phi) is 5.43. The number of aryl methyl sites for hydroxylation is 2. The first-order valence-corrected chi connectivity index (χ1v) is 10.6. The molecule has 0 radical (unpaired) electrons. The molecule has 1 unspecified atom stereocenters. The Morgan fingerprint density at radius 3 is 2.89 bits per heavy atom. The zero-order valence-electron chi connectivity index (χ0n) is 16.1. The number of thiophene rings is 1. The normalized spacial score (nSPS) is 18.3. The maximum absolute atomic E-state index is 9.61. The summed E-state index contributed by atoms with van der Waals surface area (Å²) in [6.07, 6.45) is 2.74. The molecule has 2 aromatic heterocycles. The van der Waals surface area contributed by atoms with E-state index in [2.05, 4.69) is 63.7 Å². The van der Waals surface area contributed by atoms with Crippen LogP contribution in [-0.2, 0) is 6.54 Å². The van der Waals surface area contributed by atoms with Crippen LogP contribution in [0.2, 0.25) is 0 Å². The van der Waals surface area contributed by atoms with Crippen molar-refractivity contribution < 1.29 is 5.11 Å². The fourth-order valence-electron chi connectivity index (χ4n) is 4.23. The van der Waals surface area contributed by atoms with E-state index in [1.54, 1.807) is 11.3 Å². The Morgan fingerprint density at radius 2 is 2.11 bits per heavy atom. The number of aliphatic hydroxyl groups excluding tert-OH is 1. The first-order valence-electron chi connectivity index (χ1n) is 9.62. The quantitative estimate of drug-likeness (QED) is 0.725. The summed E-state index contributed by atoms with van der Waals surface area (Å²) in [5.41, 5.74) is 6.24. The number of piperazine rings is 1. The Bertz CT molecular complexity index is 909. The van der Waals surface area contributed by atoms with E-state index >= 15 is 0 Å². The highest BCUT2D eigenvalue weighted by Crippen LogP contribution is 2.31. The fourth-order valence-corrected chi connectivity index (χ4v) is 4.89. The molecule has 0 bridgehead atoms. The van der Waals surface area contributed by atoms with Gasteiger partial charge in [0.1, 0.15) is 0 Å². The Morgan fingerprint density at radius 1 is 1.22 bits per heavy atom. The van der Waals surface area contributed by atoms with Crippen molar-refractivity contribution in [2.75, 3.05) is 31.1 Å². The van der Waals surface area contributed by atoms with Crippen LogP contribution in [0.25, 0.3) is 10.9 Å². The van der Waals surface area contributed by atoms with Gasteiger partial charge in [0.2, 0.25) is 0 Å². The molecule has 27 heavy (non-hydrogen) atoms. The number of pyridine rings is 1. The summed E-state index contributed by atoms with van der Waals surface area (Å²) in [6.45, 7) is 8.44. The largest absolute Gasteiger partial charge is 0.396 e. The van der Waals surface area contributed by atoms with Crippen molar-refractivity contribution >= 4 is 27.9 Å². The summed E-state index contributed by atoms with van der Waals surface area (Å²) >= 11 is 1.75. The zero-order valence-corrected chi connectivity index (χ0v) is 16.9. The van der Waals surface area contributed by atoms with Gasteiger partial charge in [-0.15, -0.1) is 0 Å². The number of hydrogen-bond acceptors (Lipinski definition) is 5. The van der Waals surface area contributed by atoms with E-state index < -0.39 is 0 Å². The summed E-state index contributed by atoms with van der Waals surface area (Å²) < 4.78 is 0. The summed E-state index contributed by atoms with van der Waals surface area (Å²) in [7, 11) is 0. The average Bonchev–Trinajstić information content (AvgIpc) is 3.16. The van der Waals surface area contributed by atoms with Crippen LogP contribution in [0.3, 0.4) is 0 Å². The molecule has 0 spiro atoms. The third kappa shape index (κ3) is 3.86. The summed E-state index contributed by atoms with van der Waals surface area (Å²) in [5.74, 6) is 0. The van der Waals surface area contributed by atoms with Gasteiger partial charge in [0.15, 0.2) is 0 Å². The van der Waals surface area contributed by atoms with Crippen LogP contribution in [0, 0.1) is 13.8 Å². The first kappa shape index (κ1) is 18.4. The van der Waals surface area contributed by atoms with Gasteiger partial charge in [0, 0.05) is 56.1 Å². The second-order valence-electron chi connectivity index (χ2n) is 7.52. The summed E-state index contributed by atoms with van der Waals surface area (Å²) in [6, 6.07) is 9.16. The molecular weight excluding hydrogens is 354 g/mol.